The van der Waals surface area contributed by atoms with E-state index in [4.69, 9.17) is 21.1 Å². The molecule has 0 aliphatic rings. The van der Waals surface area contributed by atoms with Gasteiger partial charge >= 0.3 is 11.9 Å². The number of halogens is 1. The molecular weight excluding hydrogens is 354 g/mol. The van der Waals surface area contributed by atoms with E-state index in [9.17, 15) is 9.59 Å². The molecule has 0 heterocycles. The van der Waals surface area contributed by atoms with E-state index in [1.54, 1.807) is 31.1 Å². The van der Waals surface area contributed by atoms with Gasteiger partial charge in [0.25, 0.3) is 0 Å². The first-order chi connectivity index (χ1) is 12.0. The number of nitrogens with zero attached hydrogens (tertiary/aromatic N) is 1. The monoisotopic (exact) mass is 379 g/mol. The van der Waals surface area contributed by atoms with E-state index >= 15 is 0 Å². The number of carbonyl (C=O) groups excluding carboxylic acids is 2. The maximum Gasteiger partial charge on any atom is 0.347 e. The highest BCUT2D eigenvalue weighted by Gasteiger charge is 2.27. The molecule has 0 aliphatic carbocycles. The second-order valence-corrected chi connectivity index (χ2v) is 7.39. The number of hydrogen-bond donors (Lipinski definition) is 0. The summed E-state index contributed by atoms with van der Waals surface area (Å²) in [6.45, 7) is 6.16. The first-order valence-electron chi connectivity index (χ1n) is 8.09. The summed E-state index contributed by atoms with van der Waals surface area (Å²) in [4.78, 5) is 26.1. The second-order valence-electron chi connectivity index (χ2n) is 6.95. The predicted molar refractivity (Wildman–Crippen MR) is 104 cm³/mol. The molecule has 0 saturated heterocycles. The zero-order valence-corrected chi connectivity index (χ0v) is 17.1. The number of carbonyl (C=O) groups is 2. The van der Waals surface area contributed by atoms with Crippen LogP contribution in [0.4, 0.5) is 0 Å². The number of esters is 2. The van der Waals surface area contributed by atoms with Gasteiger partial charge in [-0.25, -0.2) is 9.59 Å². The molecule has 0 bridgehead atoms. The van der Waals surface area contributed by atoms with E-state index in [1.807, 2.05) is 18.2 Å². The summed E-state index contributed by atoms with van der Waals surface area (Å²) in [5.74, 6) is -1.50. The Bertz CT molecular complexity index is 707. The van der Waals surface area contributed by atoms with Crippen LogP contribution in [0.5, 0.6) is 0 Å². The molecule has 5 nitrogen and oxygen atoms in total. The Balaban J connectivity index is 3.76. The average molecular weight is 380 g/mol. The van der Waals surface area contributed by atoms with E-state index < -0.39 is 11.9 Å². The molecule has 26 heavy (non-hydrogen) atoms. The van der Waals surface area contributed by atoms with Crippen molar-refractivity contribution in [2.75, 3.05) is 28.3 Å². The zero-order valence-electron chi connectivity index (χ0n) is 16.3. The van der Waals surface area contributed by atoms with Crippen LogP contribution in [0.25, 0.3) is 5.57 Å². The molecule has 0 spiro atoms. The van der Waals surface area contributed by atoms with Crippen molar-refractivity contribution in [1.82, 2.24) is 4.90 Å². The van der Waals surface area contributed by atoms with Crippen molar-refractivity contribution in [1.29, 1.82) is 0 Å². The summed E-state index contributed by atoms with van der Waals surface area (Å²) >= 11 is 6.00. The molecular formula is C20H26ClNO4. The molecule has 0 N–H and O–H groups in total. The molecule has 0 aromatic heterocycles. The van der Waals surface area contributed by atoms with Gasteiger partial charge in [0, 0.05) is 19.1 Å². The topological polar surface area (TPSA) is 55.8 Å². The molecule has 0 amide bonds. The Morgan fingerprint density at radius 1 is 1.00 bits per heavy atom. The summed E-state index contributed by atoms with van der Waals surface area (Å²) < 4.78 is 9.57. The minimum Gasteiger partial charge on any atom is -0.465 e. The summed E-state index contributed by atoms with van der Waals surface area (Å²) in [6.07, 6.45) is 1.81. The second kappa shape index (κ2) is 8.90. The van der Waals surface area contributed by atoms with Crippen LogP contribution in [-0.4, -0.2) is 45.2 Å². The van der Waals surface area contributed by atoms with Crippen molar-refractivity contribution in [3.63, 3.8) is 0 Å². The van der Waals surface area contributed by atoms with Gasteiger partial charge in [-0.05, 0) is 34.8 Å². The fourth-order valence-corrected chi connectivity index (χ4v) is 2.55. The van der Waals surface area contributed by atoms with Gasteiger partial charge in [-0.15, -0.1) is 0 Å². The minimum absolute atomic E-state index is 0.157. The Hall–Kier alpha value is -2.27. The molecule has 0 aliphatic heterocycles. The Labute approximate surface area is 160 Å². The summed E-state index contributed by atoms with van der Waals surface area (Å²) in [5, 5.41) is 0.634. The highest BCUT2D eigenvalue weighted by atomic mass is 35.5. The van der Waals surface area contributed by atoms with Crippen LogP contribution in [0, 0.1) is 5.41 Å². The first kappa shape index (κ1) is 21.8. The predicted octanol–water partition coefficient (Wildman–Crippen LogP) is 3.93. The van der Waals surface area contributed by atoms with Gasteiger partial charge < -0.3 is 14.4 Å². The van der Waals surface area contributed by atoms with Crippen molar-refractivity contribution in [2.45, 2.75) is 20.8 Å². The number of hydrogen-bond acceptors (Lipinski definition) is 5. The summed E-state index contributed by atoms with van der Waals surface area (Å²) in [5.41, 5.74) is 1.87. The summed E-state index contributed by atoms with van der Waals surface area (Å²) in [6, 6.07) is 7.42. The van der Waals surface area contributed by atoms with Crippen LogP contribution in [0.1, 0.15) is 26.3 Å². The van der Waals surface area contributed by atoms with Crippen molar-refractivity contribution in [3.8, 4) is 0 Å². The number of likely N-dealkylation sites (N-methyl/N-ethyl adjacent to an activating group) is 1. The summed E-state index contributed by atoms with van der Waals surface area (Å²) in [7, 11) is 5.96. The van der Waals surface area contributed by atoms with Gasteiger partial charge in [0.15, 0.2) is 5.57 Å². The highest BCUT2D eigenvalue weighted by Crippen LogP contribution is 2.36. The van der Waals surface area contributed by atoms with Gasteiger partial charge in [0.05, 0.1) is 19.9 Å². The smallest absolute Gasteiger partial charge is 0.347 e. The number of methoxy groups -OCH3 is 2. The van der Waals surface area contributed by atoms with Gasteiger partial charge in [-0.1, -0.05) is 44.5 Å². The van der Waals surface area contributed by atoms with Crippen molar-refractivity contribution >= 4 is 29.1 Å². The molecule has 1 aromatic rings. The van der Waals surface area contributed by atoms with Gasteiger partial charge in [0.2, 0.25) is 0 Å². The van der Waals surface area contributed by atoms with E-state index in [0.29, 0.717) is 10.7 Å². The molecule has 0 radical (unpaired) electrons. The van der Waals surface area contributed by atoms with Crippen molar-refractivity contribution in [3.05, 3.63) is 52.2 Å². The fraction of sp³-hybridized carbons (Fsp3) is 0.400. The third-order valence-corrected chi connectivity index (χ3v) is 4.01. The standard InChI is InChI=1S/C20H26ClNO4/c1-20(2,3)15(13-8-10-14(21)11-9-13)12-16(22(4)5)17(18(23)25-6)19(24)26-7/h8-12H,1-7H3/b15-12-. The van der Waals surface area contributed by atoms with Crippen LogP contribution in [-0.2, 0) is 19.1 Å². The lowest BCUT2D eigenvalue weighted by atomic mass is 9.81. The van der Waals surface area contributed by atoms with Crippen LogP contribution in [0.15, 0.2) is 41.6 Å². The molecule has 0 unspecified atom stereocenters. The molecule has 1 rings (SSSR count). The quantitative estimate of drug-likeness (QED) is 0.255. The van der Waals surface area contributed by atoms with Gasteiger partial charge in [-0.3, -0.25) is 0 Å². The largest absolute Gasteiger partial charge is 0.465 e. The van der Waals surface area contributed by atoms with E-state index in [0.717, 1.165) is 11.1 Å². The molecule has 1 aromatic carbocycles. The Kier molecular flexibility index (Phi) is 7.45. The minimum atomic E-state index is -0.749. The average Bonchev–Trinajstić information content (AvgIpc) is 2.57. The van der Waals surface area contributed by atoms with Gasteiger partial charge in [-0.2, -0.15) is 0 Å². The first-order valence-corrected chi connectivity index (χ1v) is 8.47. The maximum atomic E-state index is 12.2. The number of benzene rings is 1. The zero-order chi connectivity index (χ0) is 20.1. The van der Waals surface area contributed by atoms with Crippen molar-refractivity contribution in [2.24, 2.45) is 5.41 Å². The number of rotatable bonds is 5. The Morgan fingerprint density at radius 2 is 1.46 bits per heavy atom. The third-order valence-electron chi connectivity index (χ3n) is 3.76. The van der Waals surface area contributed by atoms with E-state index in [-0.39, 0.29) is 11.0 Å². The number of ether oxygens (including phenoxy) is 2. The molecule has 0 fully saturated rings. The third kappa shape index (κ3) is 5.36. The lowest BCUT2D eigenvalue weighted by Crippen LogP contribution is -2.24. The normalized spacial score (nSPS) is 11.6. The number of allylic oxidation sites excluding steroid dienone is 2. The lowest BCUT2D eigenvalue weighted by molar-refractivity contribution is -0.144. The van der Waals surface area contributed by atoms with Gasteiger partial charge in [0.1, 0.15) is 0 Å². The molecule has 0 saturated carbocycles. The van der Waals surface area contributed by atoms with Crippen LogP contribution >= 0.6 is 11.6 Å². The van der Waals surface area contributed by atoms with Crippen molar-refractivity contribution < 1.29 is 19.1 Å². The molecule has 6 heteroatoms. The Morgan fingerprint density at radius 3 is 1.81 bits per heavy atom. The SMILES string of the molecule is COC(=O)C(C(=O)OC)=C(/C=C(/c1ccc(Cl)cc1)C(C)(C)C)N(C)C. The highest BCUT2D eigenvalue weighted by molar-refractivity contribution is 6.30. The van der Waals surface area contributed by atoms with E-state index in [2.05, 4.69) is 20.8 Å². The lowest BCUT2D eigenvalue weighted by Gasteiger charge is -2.26. The van der Waals surface area contributed by atoms with Crippen LogP contribution in [0.3, 0.4) is 0 Å². The van der Waals surface area contributed by atoms with E-state index in [1.165, 1.54) is 14.2 Å². The van der Waals surface area contributed by atoms with Crippen LogP contribution < -0.4 is 0 Å². The molecule has 142 valence electrons. The molecule has 0 atom stereocenters. The van der Waals surface area contributed by atoms with Crippen LogP contribution in [0.2, 0.25) is 5.02 Å². The maximum absolute atomic E-state index is 12.2. The fourth-order valence-electron chi connectivity index (χ4n) is 2.42.